The average Bonchev–Trinajstić information content (AvgIpc) is 3.11. The second-order valence-corrected chi connectivity index (χ2v) is 6.22. The highest BCUT2D eigenvalue weighted by Crippen LogP contribution is 2.34. The number of nitrogens with zero attached hydrogens (tertiary/aromatic N) is 5. The number of imidazole rings is 1. The molecule has 0 amide bonds. The highest BCUT2D eigenvalue weighted by molar-refractivity contribution is 6.35. The zero-order chi connectivity index (χ0) is 16.4. The zero-order valence-electron chi connectivity index (χ0n) is 12.4. The Morgan fingerprint density at radius 1 is 1.30 bits per heavy atom. The normalized spacial score (nSPS) is 13.9. The van der Waals surface area contributed by atoms with Crippen LogP contribution in [-0.2, 0) is 25.6 Å². The van der Waals surface area contributed by atoms with Gasteiger partial charge in [-0.05, 0) is 12.1 Å². The molecule has 0 aliphatic heterocycles. The van der Waals surface area contributed by atoms with Crippen LogP contribution in [0.4, 0.5) is 0 Å². The minimum absolute atomic E-state index is 0.196. The summed E-state index contributed by atoms with van der Waals surface area (Å²) in [6.45, 7) is 0.196. The molecule has 1 aromatic carbocycles. The van der Waals surface area contributed by atoms with Gasteiger partial charge in [-0.15, -0.1) is 0 Å². The Hall–Kier alpha value is -1.89. The van der Waals surface area contributed by atoms with Crippen LogP contribution in [0.25, 0.3) is 0 Å². The molecule has 0 bridgehead atoms. The zero-order valence-corrected chi connectivity index (χ0v) is 13.9. The molecule has 3 rings (SSSR count). The Morgan fingerprint density at radius 3 is 2.74 bits per heavy atom. The Kier molecular flexibility index (Phi) is 4.39. The van der Waals surface area contributed by atoms with Gasteiger partial charge in [0, 0.05) is 41.5 Å². The molecule has 1 unspecified atom stereocenters. The average molecular weight is 352 g/mol. The van der Waals surface area contributed by atoms with Crippen LogP contribution in [0.1, 0.15) is 11.4 Å². The van der Waals surface area contributed by atoms with E-state index in [1.54, 1.807) is 35.4 Å². The van der Waals surface area contributed by atoms with Gasteiger partial charge in [0.1, 0.15) is 24.1 Å². The van der Waals surface area contributed by atoms with E-state index in [4.69, 9.17) is 23.2 Å². The number of benzene rings is 1. The topological polar surface area (TPSA) is 68.8 Å². The number of rotatable bonds is 5. The first-order valence-corrected chi connectivity index (χ1v) is 7.70. The van der Waals surface area contributed by atoms with Gasteiger partial charge in [0.15, 0.2) is 0 Å². The summed E-state index contributed by atoms with van der Waals surface area (Å²) in [4.78, 5) is 8.21. The van der Waals surface area contributed by atoms with Gasteiger partial charge < -0.3 is 9.67 Å². The van der Waals surface area contributed by atoms with Crippen molar-refractivity contribution >= 4 is 23.2 Å². The number of aliphatic hydroxyl groups is 1. The van der Waals surface area contributed by atoms with E-state index in [-0.39, 0.29) is 13.0 Å². The quantitative estimate of drug-likeness (QED) is 0.766. The molecule has 1 N–H and O–H groups in total. The SMILES string of the molecule is Cn1ccnc1CC(O)(Cn1cncn1)c1ccc(Cl)cc1Cl. The first kappa shape index (κ1) is 16.0. The van der Waals surface area contributed by atoms with E-state index in [0.29, 0.717) is 15.6 Å². The molecule has 0 spiro atoms. The van der Waals surface area contributed by atoms with E-state index in [0.717, 1.165) is 5.82 Å². The van der Waals surface area contributed by atoms with Crippen molar-refractivity contribution in [3.05, 3.63) is 64.7 Å². The molecule has 0 aliphatic rings. The maximum atomic E-state index is 11.4. The van der Waals surface area contributed by atoms with Crippen LogP contribution in [0.3, 0.4) is 0 Å². The van der Waals surface area contributed by atoms with Crippen molar-refractivity contribution in [2.45, 2.75) is 18.6 Å². The third-order valence-corrected chi connectivity index (χ3v) is 4.24. The van der Waals surface area contributed by atoms with Crippen molar-refractivity contribution in [2.24, 2.45) is 7.05 Å². The highest BCUT2D eigenvalue weighted by atomic mass is 35.5. The lowest BCUT2D eigenvalue weighted by molar-refractivity contribution is 0.0127. The van der Waals surface area contributed by atoms with Gasteiger partial charge >= 0.3 is 0 Å². The van der Waals surface area contributed by atoms with Gasteiger partial charge in [0.25, 0.3) is 0 Å². The van der Waals surface area contributed by atoms with Crippen LogP contribution in [-0.4, -0.2) is 29.4 Å². The molecule has 0 aliphatic carbocycles. The second kappa shape index (κ2) is 6.31. The first-order valence-electron chi connectivity index (χ1n) is 6.94. The Morgan fingerprint density at radius 2 is 2.13 bits per heavy atom. The summed E-state index contributed by atoms with van der Waals surface area (Å²) in [5, 5.41) is 16.3. The maximum absolute atomic E-state index is 11.4. The van der Waals surface area contributed by atoms with E-state index in [1.807, 2.05) is 17.8 Å². The fourth-order valence-corrected chi connectivity index (χ4v) is 3.10. The van der Waals surface area contributed by atoms with Gasteiger partial charge in [-0.25, -0.2) is 14.6 Å². The summed E-state index contributed by atoms with van der Waals surface area (Å²) in [6, 6.07) is 5.04. The minimum Gasteiger partial charge on any atom is -0.383 e. The molecule has 0 saturated heterocycles. The number of aromatic nitrogens is 5. The van der Waals surface area contributed by atoms with Crippen LogP contribution in [0, 0.1) is 0 Å². The maximum Gasteiger partial charge on any atom is 0.137 e. The second-order valence-electron chi connectivity index (χ2n) is 5.38. The number of halogens is 2. The lowest BCUT2D eigenvalue weighted by atomic mass is 9.89. The smallest absolute Gasteiger partial charge is 0.137 e. The summed E-state index contributed by atoms with van der Waals surface area (Å²) >= 11 is 12.3. The van der Waals surface area contributed by atoms with Crippen molar-refractivity contribution in [1.29, 1.82) is 0 Å². The Labute approximate surface area is 143 Å². The molecule has 0 radical (unpaired) electrons. The summed E-state index contributed by atoms with van der Waals surface area (Å²) < 4.78 is 3.42. The lowest BCUT2D eigenvalue weighted by Gasteiger charge is -2.29. The predicted molar refractivity (Wildman–Crippen MR) is 87.3 cm³/mol. The van der Waals surface area contributed by atoms with E-state index in [9.17, 15) is 5.11 Å². The largest absolute Gasteiger partial charge is 0.383 e. The van der Waals surface area contributed by atoms with Crippen LogP contribution in [0.15, 0.2) is 43.2 Å². The van der Waals surface area contributed by atoms with E-state index >= 15 is 0 Å². The standard InChI is InChI=1S/C15H15Cl2N5O/c1-21-5-4-19-14(21)7-15(23,8-22-10-18-9-20-22)12-3-2-11(16)6-13(12)17/h2-6,9-10,23H,7-8H2,1H3. The van der Waals surface area contributed by atoms with Gasteiger partial charge in [0.2, 0.25) is 0 Å². The van der Waals surface area contributed by atoms with Gasteiger partial charge in [-0.3, -0.25) is 0 Å². The number of hydrogen-bond acceptors (Lipinski definition) is 4. The minimum atomic E-state index is -1.30. The fraction of sp³-hybridized carbons (Fsp3) is 0.267. The highest BCUT2D eigenvalue weighted by Gasteiger charge is 2.34. The van der Waals surface area contributed by atoms with Crippen molar-refractivity contribution in [3.63, 3.8) is 0 Å². The fourth-order valence-electron chi connectivity index (χ4n) is 2.51. The molecule has 2 heterocycles. The lowest BCUT2D eigenvalue weighted by Crippen LogP contribution is -2.35. The molecular formula is C15H15Cl2N5O. The van der Waals surface area contributed by atoms with Gasteiger partial charge in [0.05, 0.1) is 6.54 Å². The molecule has 8 heteroatoms. The third-order valence-electron chi connectivity index (χ3n) is 3.69. The molecule has 0 saturated carbocycles. The molecule has 0 fully saturated rings. The summed E-state index contributed by atoms with van der Waals surface area (Å²) in [5.41, 5.74) is -0.726. The van der Waals surface area contributed by atoms with E-state index < -0.39 is 5.60 Å². The van der Waals surface area contributed by atoms with Crippen LogP contribution < -0.4 is 0 Å². The Balaban J connectivity index is 2.03. The molecule has 1 atom stereocenters. The first-order chi connectivity index (χ1) is 11.0. The summed E-state index contributed by atoms with van der Waals surface area (Å²) in [7, 11) is 1.88. The Bertz CT molecular complexity index is 802. The van der Waals surface area contributed by atoms with Crippen LogP contribution >= 0.6 is 23.2 Å². The predicted octanol–water partition coefficient (Wildman–Crippen LogP) is 2.45. The van der Waals surface area contributed by atoms with Crippen LogP contribution in [0.5, 0.6) is 0 Å². The third kappa shape index (κ3) is 3.39. The molecule has 2 aromatic heterocycles. The van der Waals surface area contributed by atoms with Crippen LogP contribution in [0.2, 0.25) is 10.0 Å². The number of hydrogen-bond donors (Lipinski definition) is 1. The summed E-state index contributed by atoms with van der Waals surface area (Å²) in [6.07, 6.45) is 6.76. The van der Waals surface area contributed by atoms with Gasteiger partial charge in [-0.2, -0.15) is 5.10 Å². The van der Waals surface area contributed by atoms with Crippen molar-refractivity contribution in [1.82, 2.24) is 24.3 Å². The van der Waals surface area contributed by atoms with E-state index in [1.165, 1.54) is 6.33 Å². The molecular weight excluding hydrogens is 337 g/mol. The number of aryl methyl sites for hydroxylation is 1. The van der Waals surface area contributed by atoms with E-state index in [2.05, 4.69) is 15.1 Å². The molecule has 120 valence electrons. The summed E-state index contributed by atoms with van der Waals surface area (Å²) in [5.74, 6) is 0.735. The molecule has 23 heavy (non-hydrogen) atoms. The molecule has 6 nitrogen and oxygen atoms in total. The molecule has 3 aromatic rings. The van der Waals surface area contributed by atoms with Crippen molar-refractivity contribution < 1.29 is 5.11 Å². The van der Waals surface area contributed by atoms with Crippen molar-refractivity contribution in [3.8, 4) is 0 Å². The van der Waals surface area contributed by atoms with Crippen molar-refractivity contribution in [2.75, 3.05) is 0 Å². The van der Waals surface area contributed by atoms with Gasteiger partial charge in [-0.1, -0.05) is 29.3 Å². The monoisotopic (exact) mass is 351 g/mol.